The topological polar surface area (TPSA) is 29.1 Å². The van der Waals surface area contributed by atoms with E-state index in [-0.39, 0.29) is 11.3 Å². The summed E-state index contributed by atoms with van der Waals surface area (Å²) in [5.41, 5.74) is 0.0925. The van der Waals surface area contributed by atoms with Crippen LogP contribution in [0, 0.1) is 11.3 Å². The Morgan fingerprint density at radius 3 is 2.31 bits per heavy atom. The molecule has 2 nitrogen and oxygen atoms in total. The molecule has 0 aromatic heterocycles. The van der Waals surface area contributed by atoms with Crippen molar-refractivity contribution in [2.45, 2.75) is 66.7 Å². The number of hydrogen-bond acceptors (Lipinski definition) is 1. The molecule has 1 N–H and O–H groups in total. The highest BCUT2D eigenvalue weighted by Gasteiger charge is 2.16. The van der Waals surface area contributed by atoms with Gasteiger partial charge < -0.3 is 5.32 Å². The first-order valence-electron chi connectivity index (χ1n) is 6.65. The fourth-order valence-corrected chi connectivity index (χ4v) is 1.75. The van der Waals surface area contributed by atoms with E-state index in [1.165, 1.54) is 19.3 Å². The fraction of sp³-hybridized carbons (Fsp3) is 0.929. The van der Waals surface area contributed by atoms with Crippen molar-refractivity contribution in [3.63, 3.8) is 0 Å². The predicted molar refractivity (Wildman–Crippen MR) is 70.4 cm³/mol. The lowest BCUT2D eigenvalue weighted by molar-refractivity contribution is -0.123. The van der Waals surface area contributed by atoms with E-state index in [2.05, 4.69) is 39.9 Å². The summed E-state index contributed by atoms with van der Waals surface area (Å²) >= 11 is 0. The summed E-state index contributed by atoms with van der Waals surface area (Å²) in [6.07, 6.45) is 5.54. The molecule has 0 spiro atoms. The second-order valence-electron chi connectivity index (χ2n) is 5.96. The average molecular weight is 227 g/mol. The van der Waals surface area contributed by atoms with Crippen LogP contribution in [0.3, 0.4) is 0 Å². The third-order valence-electron chi connectivity index (χ3n) is 2.82. The maximum Gasteiger partial charge on any atom is 0.220 e. The first-order chi connectivity index (χ1) is 7.39. The maximum atomic E-state index is 11.6. The van der Waals surface area contributed by atoms with E-state index in [1.807, 2.05) is 0 Å². The van der Waals surface area contributed by atoms with Crippen LogP contribution in [0.15, 0.2) is 0 Å². The number of hydrogen-bond donors (Lipinski definition) is 1. The van der Waals surface area contributed by atoms with Crippen molar-refractivity contribution in [1.29, 1.82) is 0 Å². The van der Waals surface area contributed by atoms with Gasteiger partial charge in [-0.3, -0.25) is 4.79 Å². The summed E-state index contributed by atoms with van der Waals surface area (Å²) in [6, 6.07) is 0. The van der Waals surface area contributed by atoms with Gasteiger partial charge in [0.2, 0.25) is 5.91 Å². The average Bonchev–Trinajstić information content (AvgIpc) is 2.15. The molecule has 96 valence electrons. The van der Waals surface area contributed by atoms with Gasteiger partial charge >= 0.3 is 0 Å². The Morgan fingerprint density at radius 2 is 1.88 bits per heavy atom. The van der Waals surface area contributed by atoms with Crippen LogP contribution in [-0.4, -0.2) is 12.5 Å². The van der Waals surface area contributed by atoms with Crippen molar-refractivity contribution in [2.24, 2.45) is 11.3 Å². The van der Waals surface area contributed by atoms with E-state index < -0.39 is 0 Å². The van der Waals surface area contributed by atoms with Crippen molar-refractivity contribution in [1.82, 2.24) is 5.32 Å². The van der Waals surface area contributed by atoms with E-state index in [1.54, 1.807) is 0 Å². The van der Waals surface area contributed by atoms with Crippen molar-refractivity contribution in [2.75, 3.05) is 6.54 Å². The molecule has 0 aromatic rings. The van der Waals surface area contributed by atoms with Gasteiger partial charge in [0.1, 0.15) is 0 Å². The van der Waals surface area contributed by atoms with Gasteiger partial charge in [0.05, 0.1) is 0 Å². The molecule has 0 saturated heterocycles. The Bertz CT molecular complexity index is 193. The molecule has 0 bridgehead atoms. The highest BCUT2D eigenvalue weighted by atomic mass is 16.1. The van der Waals surface area contributed by atoms with Crippen LogP contribution in [0.4, 0.5) is 0 Å². The number of carbonyl (C=O) groups is 1. The Hall–Kier alpha value is -0.530. The Morgan fingerprint density at radius 1 is 1.25 bits per heavy atom. The molecular weight excluding hydrogens is 198 g/mol. The van der Waals surface area contributed by atoms with Gasteiger partial charge in [0, 0.05) is 13.0 Å². The minimum atomic E-state index is 0.0925. The SMILES string of the molecule is CCCCC(CC)CNC(=O)CC(C)(C)C. The smallest absolute Gasteiger partial charge is 0.220 e. The van der Waals surface area contributed by atoms with Gasteiger partial charge in [-0.25, -0.2) is 0 Å². The molecule has 1 unspecified atom stereocenters. The highest BCUT2D eigenvalue weighted by Crippen LogP contribution is 2.18. The Kier molecular flexibility index (Phi) is 7.44. The molecule has 0 aliphatic carbocycles. The summed E-state index contributed by atoms with van der Waals surface area (Å²) in [4.78, 5) is 11.6. The maximum absolute atomic E-state index is 11.6. The summed E-state index contributed by atoms with van der Waals surface area (Å²) in [6.45, 7) is 11.6. The molecule has 0 aliphatic heterocycles. The summed E-state index contributed by atoms with van der Waals surface area (Å²) in [7, 11) is 0. The van der Waals surface area contributed by atoms with E-state index in [0.29, 0.717) is 12.3 Å². The largest absolute Gasteiger partial charge is 0.356 e. The van der Waals surface area contributed by atoms with Gasteiger partial charge in [0.25, 0.3) is 0 Å². The highest BCUT2D eigenvalue weighted by molar-refractivity contribution is 5.76. The van der Waals surface area contributed by atoms with Gasteiger partial charge in [-0.15, -0.1) is 0 Å². The molecule has 0 heterocycles. The zero-order valence-corrected chi connectivity index (χ0v) is 11.7. The molecular formula is C14H29NO. The van der Waals surface area contributed by atoms with E-state index in [0.717, 1.165) is 13.0 Å². The molecule has 0 saturated carbocycles. The second-order valence-corrected chi connectivity index (χ2v) is 5.96. The lowest BCUT2D eigenvalue weighted by Crippen LogP contribution is -2.31. The number of rotatable bonds is 7. The summed E-state index contributed by atoms with van der Waals surface area (Å²) in [5, 5.41) is 3.06. The second kappa shape index (κ2) is 7.70. The predicted octanol–water partition coefficient (Wildman–Crippen LogP) is 3.76. The molecule has 1 amide bonds. The number of carbonyl (C=O) groups excluding carboxylic acids is 1. The third-order valence-corrected chi connectivity index (χ3v) is 2.82. The quantitative estimate of drug-likeness (QED) is 0.705. The molecule has 0 fully saturated rings. The van der Waals surface area contributed by atoms with Crippen LogP contribution in [0.2, 0.25) is 0 Å². The van der Waals surface area contributed by atoms with Crippen molar-refractivity contribution >= 4 is 5.91 Å². The molecule has 0 aliphatic rings. The molecule has 0 radical (unpaired) electrons. The minimum absolute atomic E-state index is 0.0925. The molecule has 16 heavy (non-hydrogen) atoms. The van der Waals surface area contributed by atoms with Gasteiger partial charge in [-0.05, 0) is 17.8 Å². The first kappa shape index (κ1) is 15.5. The van der Waals surface area contributed by atoms with Crippen molar-refractivity contribution < 1.29 is 4.79 Å². The molecule has 1 atom stereocenters. The minimum Gasteiger partial charge on any atom is -0.356 e. The lowest BCUT2D eigenvalue weighted by Gasteiger charge is -2.19. The fourth-order valence-electron chi connectivity index (χ4n) is 1.75. The Labute approximate surface area is 101 Å². The zero-order chi connectivity index (χ0) is 12.6. The Balaban J connectivity index is 3.79. The van der Waals surface area contributed by atoms with Gasteiger partial charge in [-0.2, -0.15) is 0 Å². The van der Waals surface area contributed by atoms with Crippen LogP contribution in [0.25, 0.3) is 0 Å². The van der Waals surface area contributed by atoms with Crippen LogP contribution in [-0.2, 0) is 4.79 Å². The van der Waals surface area contributed by atoms with E-state index >= 15 is 0 Å². The first-order valence-corrected chi connectivity index (χ1v) is 6.65. The van der Waals surface area contributed by atoms with Gasteiger partial charge in [0.15, 0.2) is 0 Å². The van der Waals surface area contributed by atoms with Gasteiger partial charge in [-0.1, -0.05) is 53.9 Å². The standard InChI is InChI=1S/C14H29NO/c1-6-8-9-12(7-2)11-15-13(16)10-14(3,4)5/h12H,6-11H2,1-5H3,(H,15,16). The summed E-state index contributed by atoms with van der Waals surface area (Å²) < 4.78 is 0. The summed E-state index contributed by atoms with van der Waals surface area (Å²) in [5.74, 6) is 0.853. The molecule has 0 rings (SSSR count). The molecule has 2 heteroatoms. The number of amides is 1. The third kappa shape index (κ3) is 8.75. The van der Waals surface area contributed by atoms with Crippen molar-refractivity contribution in [3.05, 3.63) is 0 Å². The van der Waals surface area contributed by atoms with Crippen LogP contribution in [0.1, 0.15) is 66.7 Å². The van der Waals surface area contributed by atoms with Crippen LogP contribution in [0.5, 0.6) is 0 Å². The molecule has 0 aromatic carbocycles. The monoisotopic (exact) mass is 227 g/mol. The number of nitrogens with one attached hydrogen (secondary N) is 1. The van der Waals surface area contributed by atoms with Crippen LogP contribution < -0.4 is 5.32 Å². The zero-order valence-electron chi connectivity index (χ0n) is 11.7. The van der Waals surface area contributed by atoms with E-state index in [9.17, 15) is 4.79 Å². The number of unbranched alkanes of at least 4 members (excludes halogenated alkanes) is 1. The normalized spacial score (nSPS) is 13.6. The van der Waals surface area contributed by atoms with E-state index in [4.69, 9.17) is 0 Å². The lowest BCUT2D eigenvalue weighted by atomic mass is 9.91. The van der Waals surface area contributed by atoms with Crippen molar-refractivity contribution in [3.8, 4) is 0 Å². The van der Waals surface area contributed by atoms with Crippen LogP contribution >= 0.6 is 0 Å².